The van der Waals surface area contributed by atoms with Gasteiger partial charge in [0.25, 0.3) is 10.0 Å². The van der Waals surface area contributed by atoms with Crippen LogP contribution in [0.4, 0.5) is 0 Å². The van der Waals surface area contributed by atoms with E-state index < -0.39 is 16.1 Å². The van der Waals surface area contributed by atoms with Gasteiger partial charge in [-0.25, -0.2) is 13.4 Å². The number of rotatable bonds is 5. The third kappa shape index (κ3) is 3.09. The summed E-state index contributed by atoms with van der Waals surface area (Å²) in [5, 5.41) is 0. The average Bonchev–Trinajstić information content (AvgIpc) is 2.95. The molecule has 1 unspecified atom stereocenters. The van der Waals surface area contributed by atoms with Gasteiger partial charge in [-0.3, -0.25) is 0 Å². The van der Waals surface area contributed by atoms with E-state index in [2.05, 4.69) is 9.71 Å². The normalized spacial score (nSPS) is 13.6. The number of nitrogens with zero attached hydrogens (tertiary/aromatic N) is 1. The minimum Gasteiger partial charge on any atom is -0.444 e. The summed E-state index contributed by atoms with van der Waals surface area (Å²) in [6.07, 6.45) is 1.56. The van der Waals surface area contributed by atoms with Crippen LogP contribution in [0.25, 0.3) is 0 Å². The van der Waals surface area contributed by atoms with Gasteiger partial charge in [-0.05, 0) is 32.4 Å². The molecule has 0 saturated carbocycles. The number of thiophene rings is 1. The highest BCUT2D eigenvalue weighted by atomic mass is 32.2. The van der Waals surface area contributed by atoms with Gasteiger partial charge in [-0.2, -0.15) is 4.72 Å². The van der Waals surface area contributed by atoms with Crippen molar-refractivity contribution in [3.63, 3.8) is 0 Å². The van der Waals surface area contributed by atoms with E-state index >= 15 is 0 Å². The Balaban J connectivity index is 2.22. The lowest BCUT2D eigenvalue weighted by molar-refractivity contribution is 0.428. The topological polar surface area (TPSA) is 98.2 Å². The number of hydrogen-bond acceptors (Lipinski definition) is 6. The molecule has 1 atom stereocenters. The van der Waals surface area contributed by atoms with Crippen LogP contribution in [0.1, 0.15) is 35.1 Å². The molecular formula is C12H17N3O3S2. The first-order chi connectivity index (χ1) is 9.33. The van der Waals surface area contributed by atoms with Gasteiger partial charge in [0.15, 0.2) is 0 Å². The van der Waals surface area contributed by atoms with Gasteiger partial charge in [0, 0.05) is 11.4 Å². The monoisotopic (exact) mass is 315 g/mol. The number of sulfonamides is 1. The van der Waals surface area contributed by atoms with E-state index in [1.807, 2.05) is 6.92 Å². The third-order valence-electron chi connectivity index (χ3n) is 2.79. The van der Waals surface area contributed by atoms with E-state index in [9.17, 15) is 8.42 Å². The van der Waals surface area contributed by atoms with Gasteiger partial charge in [0.1, 0.15) is 9.97 Å². The number of aryl methyl sites for hydroxylation is 2. The van der Waals surface area contributed by atoms with Crippen LogP contribution in [-0.4, -0.2) is 13.4 Å². The van der Waals surface area contributed by atoms with E-state index in [-0.39, 0.29) is 4.21 Å². The Hall–Kier alpha value is -1.22. The minimum atomic E-state index is -3.60. The molecule has 0 spiro atoms. The Bertz CT molecular complexity index is 703. The summed E-state index contributed by atoms with van der Waals surface area (Å²) < 4.78 is 32.7. The maximum Gasteiger partial charge on any atom is 0.250 e. The minimum absolute atomic E-state index is 0.255. The summed E-state index contributed by atoms with van der Waals surface area (Å²) in [7, 11) is -3.60. The molecular weight excluding hydrogens is 298 g/mol. The van der Waals surface area contributed by atoms with E-state index in [0.717, 1.165) is 10.4 Å². The third-order valence-corrected chi connectivity index (χ3v) is 6.06. The fourth-order valence-corrected chi connectivity index (χ4v) is 4.42. The van der Waals surface area contributed by atoms with Crippen molar-refractivity contribution >= 4 is 21.4 Å². The molecule has 0 aliphatic heterocycles. The fourth-order valence-electron chi connectivity index (χ4n) is 1.74. The quantitative estimate of drug-likeness (QED) is 0.877. The second-order valence-electron chi connectivity index (χ2n) is 4.53. The Kier molecular flexibility index (Phi) is 4.28. The second-order valence-corrected chi connectivity index (χ2v) is 7.61. The molecule has 0 fully saturated rings. The van der Waals surface area contributed by atoms with Crippen molar-refractivity contribution in [2.45, 2.75) is 37.6 Å². The van der Waals surface area contributed by atoms with E-state index in [1.165, 1.54) is 11.3 Å². The van der Waals surface area contributed by atoms with Gasteiger partial charge in [0.05, 0.1) is 12.2 Å². The SMILES string of the molecule is Cc1cnc(C(C)NS(=O)(=O)c2cc(C)c(CN)s2)o1. The lowest BCUT2D eigenvalue weighted by Gasteiger charge is -2.09. The van der Waals surface area contributed by atoms with Crippen LogP contribution in [0, 0.1) is 13.8 Å². The molecule has 2 heterocycles. The molecule has 3 N–H and O–H groups in total. The van der Waals surface area contributed by atoms with Crippen molar-refractivity contribution in [2.75, 3.05) is 0 Å². The molecule has 0 aromatic carbocycles. The summed E-state index contributed by atoms with van der Waals surface area (Å²) in [4.78, 5) is 4.89. The van der Waals surface area contributed by atoms with Gasteiger partial charge >= 0.3 is 0 Å². The molecule has 20 heavy (non-hydrogen) atoms. The first kappa shape index (κ1) is 15.2. The molecule has 2 aromatic heterocycles. The van der Waals surface area contributed by atoms with Crippen LogP contribution < -0.4 is 10.5 Å². The van der Waals surface area contributed by atoms with Gasteiger partial charge in [-0.15, -0.1) is 11.3 Å². The molecule has 0 bridgehead atoms. The van der Waals surface area contributed by atoms with Crippen LogP contribution in [0.2, 0.25) is 0 Å². The molecule has 6 nitrogen and oxygen atoms in total. The van der Waals surface area contributed by atoms with Crippen LogP contribution in [0.3, 0.4) is 0 Å². The lowest BCUT2D eigenvalue weighted by atomic mass is 10.3. The summed E-state index contributed by atoms with van der Waals surface area (Å²) >= 11 is 1.18. The Morgan fingerprint density at radius 3 is 2.70 bits per heavy atom. The molecule has 2 rings (SSSR count). The standard InChI is InChI=1S/C12H17N3O3S2/c1-7-4-11(19-10(7)5-13)20(16,17)15-9(3)12-14-6-8(2)18-12/h4,6,9,15H,5,13H2,1-3H3. The second kappa shape index (κ2) is 5.65. The highest BCUT2D eigenvalue weighted by Gasteiger charge is 2.23. The molecule has 0 amide bonds. The van der Waals surface area contributed by atoms with Crippen molar-refractivity contribution in [3.8, 4) is 0 Å². The number of oxazole rings is 1. The molecule has 0 radical (unpaired) electrons. The number of nitrogens with two attached hydrogens (primary N) is 1. The first-order valence-corrected chi connectivity index (χ1v) is 8.37. The average molecular weight is 315 g/mol. The zero-order chi connectivity index (χ0) is 14.9. The molecule has 0 saturated heterocycles. The van der Waals surface area contributed by atoms with Crippen LogP contribution in [-0.2, 0) is 16.6 Å². The molecule has 2 aromatic rings. The van der Waals surface area contributed by atoms with E-state index in [0.29, 0.717) is 18.2 Å². The Morgan fingerprint density at radius 1 is 1.50 bits per heavy atom. The molecule has 0 aliphatic carbocycles. The zero-order valence-corrected chi connectivity index (χ0v) is 13.1. The highest BCUT2D eigenvalue weighted by Crippen LogP contribution is 2.26. The van der Waals surface area contributed by atoms with Crippen molar-refractivity contribution in [1.82, 2.24) is 9.71 Å². The summed E-state index contributed by atoms with van der Waals surface area (Å²) in [6, 6.07) is 1.10. The molecule has 110 valence electrons. The summed E-state index contributed by atoms with van der Waals surface area (Å²) in [5.41, 5.74) is 6.46. The number of nitrogens with one attached hydrogen (secondary N) is 1. The first-order valence-electron chi connectivity index (χ1n) is 6.07. The van der Waals surface area contributed by atoms with Gasteiger partial charge in [-0.1, -0.05) is 0 Å². The van der Waals surface area contributed by atoms with Crippen molar-refractivity contribution < 1.29 is 12.8 Å². The molecule has 0 aliphatic rings. The predicted octanol–water partition coefficient (Wildman–Crippen LogP) is 1.85. The summed E-state index contributed by atoms with van der Waals surface area (Å²) in [6.45, 7) is 5.63. The number of hydrogen-bond donors (Lipinski definition) is 2. The zero-order valence-electron chi connectivity index (χ0n) is 11.5. The van der Waals surface area contributed by atoms with Crippen molar-refractivity contribution in [1.29, 1.82) is 0 Å². The largest absolute Gasteiger partial charge is 0.444 e. The van der Waals surface area contributed by atoms with E-state index in [4.69, 9.17) is 10.2 Å². The highest BCUT2D eigenvalue weighted by molar-refractivity contribution is 7.91. The van der Waals surface area contributed by atoms with Crippen molar-refractivity contribution in [3.05, 3.63) is 34.4 Å². The van der Waals surface area contributed by atoms with Crippen LogP contribution >= 0.6 is 11.3 Å². The Labute approximate surface area is 122 Å². The maximum atomic E-state index is 12.3. The summed E-state index contributed by atoms with van der Waals surface area (Å²) in [5.74, 6) is 0.988. The molecule has 8 heteroatoms. The smallest absolute Gasteiger partial charge is 0.250 e. The van der Waals surface area contributed by atoms with Crippen molar-refractivity contribution in [2.24, 2.45) is 5.73 Å². The lowest BCUT2D eigenvalue weighted by Crippen LogP contribution is -2.26. The van der Waals surface area contributed by atoms with E-state index in [1.54, 1.807) is 26.1 Å². The predicted molar refractivity (Wildman–Crippen MR) is 76.9 cm³/mol. The fraction of sp³-hybridized carbons (Fsp3) is 0.417. The van der Waals surface area contributed by atoms with Crippen LogP contribution in [0.5, 0.6) is 0 Å². The van der Waals surface area contributed by atoms with Gasteiger partial charge in [0.2, 0.25) is 5.89 Å². The Morgan fingerprint density at radius 2 is 2.20 bits per heavy atom. The van der Waals surface area contributed by atoms with Crippen LogP contribution in [0.15, 0.2) is 20.9 Å². The maximum absolute atomic E-state index is 12.3. The van der Waals surface area contributed by atoms with Gasteiger partial charge < -0.3 is 10.2 Å². The number of aromatic nitrogens is 1.